The van der Waals surface area contributed by atoms with Crippen LogP contribution in [0.4, 0.5) is 5.69 Å². The van der Waals surface area contributed by atoms with E-state index in [-0.39, 0.29) is 11.8 Å². The molecule has 2 amide bonds. The second kappa shape index (κ2) is 7.86. The first-order valence-corrected chi connectivity index (χ1v) is 9.39. The van der Waals surface area contributed by atoms with E-state index < -0.39 is 6.10 Å². The van der Waals surface area contributed by atoms with Crippen molar-refractivity contribution < 1.29 is 18.7 Å². The minimum atomic E-state index is -0.412. The van der Waals surface area contributed by atoms with Crippen LogP contribution in [-0.4, -0.2) is 24.5 Å². The average Bonchev–Trinajstić information content (AvgIpc) is 3.37. The van der Waals surface area contributed by atoms with E-state index in [1.807, 2.05) is 43.3 Å². The number of para-hydroxylation sites is 1. The summed E-state index contributed by atoms with van der Waals surface area (Å²) in [7, 11) is 0. The fraction of sp³-hybridized carbons (Fsp3) is 0.273. The number of carbonyl (C=O) groups excluding carboxylic acids is 2. The number of furan rings is 1. The molecule has 4 rings (SSSR count). The first-order valence-electron chi connectivity index (χ1n) is 9.39. The zero-order chi connectivity index (χ0) is 19.5. The van der Waals surface area contributed by atoms with Gasteiger partial charge in [-0.1, -0.05) is 24.3 Å². The molecule has 1 fully saturated rings. The number of ether oxygens (including phenoxy) is 1. The number of amides is 2. The van der Waals surface area contributed by atoms with Crippen LogP contribution in [0.15, 0.2) is 52.9 Å². The van der Waals surface area contributed by atoms with Crippen molar-refractivity contribution in [3.8, 4) is 0 Å². The Morgan fingerprint density at radius 1 is 1.14 bits per heavy atom. The molecule has 0 spiro atoms. The molecule has 1 atom stereocenters. The van der Waals surface area contributed by atoms with Gasteiger partial charge in [-0.05, 0) is 49.6 Å². The predicted octanol–water partition coefficient (Wildman–Crippen LogP) is 3.79. The Kier molecular flexibility index (Phi) is 5.12. The van der Waals surface area contributed by atoms with Crippen LogP contribution < -0.4 is 10.6 Å². The van der Waals surface area contributed by atoms with E-state index in [2.05, 4.69) is 10.6 Å². The lowest BCUT2D eigenvalue weighted by atomic mass is 10.1. The number of carbonyl (C=O) groups is 2. The first-order chi connectivity index (χ1) is 13.6. The van der Waals surface area contributed by atoms with Gasteiger partial charge in [0.05, 0.1) is 6.54 Å². The molecule has 6 nitrogen and oxygen atoms in total. The molecular formula is C22H22N2O4. The number of anilines is 1. The number of hydrogen-bond donors (Lipinski definition) is 2. The van der Waals surface area contributed by atoms with Crippen LogP contribution in [0.1, 0.15) is 34.5 Å². The van der Waals surface area contributed by atoms with Gasteiger partial charge in [-0.25, -0.2) is 0 Å². The van der Waals surface area contributed by atoms with Crippen LogP contribution in [0.2, 0.25) is 0 Å². The number of rotatable bonds is 5. The van der Waals surface area contributed by atoms with Crippen molar-refractivity contribution in [3.05, 3.63) is 65.4 Å². The van der Waals surface area contributed by atoms with Crippen molar-refractivity contribution in [1.82, 2.24) is 5.32 Å². The van der Waals surface area contributed by atoms with Gasteiger partial charge in [0, 0.05) is 23.2 Å². The van der Waals surface area contributed by atoms with E-state index in [1.54, 1.807) is 12.1 Å². The van der Waals surface area contributed by atoms with E-state index >= 15 is 0 Å². The molecule has 0 aliphatic carbocycles. The van der Waals surface area contributed by atoms with Gasteiger partial charge in [0.1, 0.15) is 17.4 Å². The van der Waals surface area contributed by atoms with E-state index in [9.17, 15) is 9.59 Å². The monoisotopic (exact) mass is 378 g/mol. The summed E-state index contributed by atoms with van der Waals surface area (Å²) in [5.41, 5.74) is 2.78. The summed E-state index contributed by atoms with van der Waals surface area (Å²) >= 11 is 0. The smallest absolute Gasteiger partial charge is 0.253 e. The molecule has 3 aromatic rings. The SMILES string of the molecule is Cc1ccc(C(=O)NCc2cc3ccccc3o2)cc1NC(=O)C1CCCO1. The highest BCUT2D eigenvalue weighted by molar-refractivity contribution is 5.99. The molecule has 2 aromatic carbocycles. The first kappa shape index (κ1) is 18.3. The molecule has 144 valence electrons. The Labute approximate surface area is 162 Å². The largest absolute Gasteiger partial charge is 0.459 e. The van der Waals surface area contributed by atoms with Gasteiger partial charge in [-0.2, -0.15) is 0 Å². The third-order valence-electron chi connectivity index (χ3n) is 4.88. The fourth-order valence-electron chi connectivity index (χ4n) is 3.29. The molecule has 28 heavy (non-hydrogen) atoms. The molecule has 0 saturated carbocycles. The topological polar surface area (TPSA) is 80.6 Å². The third kappa shape index (κ3) is 3.92. The highest BCUT2D eigenvalue weighted by Crippen LogP contribution is 2.21. The molecule has 1 aliphatic heterocycles. The molecule has 1 aromatic heterocycles. The van der Waals surface area contributed by atoms with E-state index in [4.69, 9.17) is 9.15 Å². The van der Waals surface area contributed by atoms with Gasteiger partial charge in [0.15, 0.2) is 0 Å². The molecule has 0 radical (unpaired) electrons. The number of fused-ring (bicyclic) bond motifs is 1. The molecule has 2 heterocycles. The lowest BCUT2D eigenvalue weighted by molar-refractivity contribution is -0.124. The van der Waals surface area contributed by atoms with Crippen molar-refractivity contribution in [1.29, 1.82) is 0 Å². The molecule has 1 aliphatic rings. The maximum Gasteiger partial charge on any atom is 0.253 e. The highest BCUT2D eigenvalue weighted by atomic mass is 16.5. The summed E-state index contributed by atoms with van der Waals surface area (Å²) < 4.78 is 11.1. The molecule has 1 saturated heterocycles. The molecule has 1 unspecified atom stereocenters. The number of benzene rings is 2. The molecule has 6 heteroatoms. The summed E-state index contributed by atoms with van der Waals surface area (Å²) in [6, 6.07) is 14.9. The minimum absolute atomic E-state index is 0.166. The van der Waals surface area contributed by atoms with Crippen molar-refractivity contribution >= 4 is 28.5 Å². The zero-order valence-corrected chi connectivity index (χ0v) is 15.7. The van der Waals surface area contributed by atoms with E-state index in [0.717, 1.165) is 29.4 Å². The maximum atomic E-state index is 12.5. The van der Waals surface area contributed by atoms with Crippen molar-refractivity contribution in [2.45, 2.75) is 32.4 Å². The van der Waals surface area contributed by atoms with Crippen LogP contribution in [0, 0.1) is 6.92 Å². The van der Waals surface area contributed by atoms with E-state index in [1.165, 1.54) is 0 Å². The molecule has 0 bridgehead atoms. The highest BCUT2D eigenvalue weighted by Gasteiger charge is 2.24. The van der Waals surface area contributed by atoms with Crippen LogP contribution >= 0.6 is 0 Å². The predicted molar refractivity (Wildman–Crippen MR) is 106 cm³/mol. The zero-order valence-electron chi connectivity index (χ0n) is 15.7. The van der Waals surface area contributed by atoms with Gasteiger partial charge in [-0.3, -0.25) is 9.59 Å². The molecular weight excluding hydrogens is 356 g/mol. The Morgan fingerprint density at radius 3 is 2.79 bits per heavy atom. The summed E-state index contributed by atoms with van der Waals surface area (Å²) in [6.45, 7) is 2.79. The lowest BCUT2D eigenvalue weighted by Crippen LogP contribution is -2.27. The summed E-state index contributed by atoms with van der Waals surface area (Å²) in [5, 5.41) is 6.74. The van der Waals surface area contributed by atoms with Crippen LogP contribution in [0.25, 0.3) is 11.0 Å². The van der Waals surface area contributed by atoms with Crippen LogP contribution in [-0.2, 0) is 16.1 Å². The second-order valence-electron chi connectivity index (χ2n) is 6.95. The van der Waals surface area contributed by atoms with Gasteiger partial charge in [0.2, 0.25) is 0 Å². The Morgan fingerprint density at radius 2 is 2.00 bits per heavy atom. The van der Waals surface area contributed by atoms with Gasteiger partial charge < -0.3 is 19.8 Å². The standard InChI is InChI=1S/C22H22N2O4/c1-14-8-9-16(12-18(14)24-22(26)20-7-4-10-27-20)21(25)23-13-17-11-15-5-2-3-6-19(15)28-17/h2-3,5-6,8-9,11-12,20H,4,7,10,13H2,1H3,(H,23,25)(H,24,26). The van der Waals surface area contributed by atoms with Crippen molar-refractivity contribution in [2.75, 3.05) is 11.9 Å². The van der Waals surface area contributed by atoms with Gasteiger partial charge in [0.25, 0.3) is 11.8 Å². The summed E-state index contributed by atoms with van der Waals surface area (Å²) in [6.07, 6.45) is 1.20. The summed E-state index contributed by atoms with van der Waals surface area (Å²) in [5.74, 6) is 0.294. The van der Waals surface area contributed by atoms with Gasteiger partial charge >= 0.3 is 0 Å². The Balaban J connectivity index is 1.42. The quantitative estimate of drug-likeness (QED) is 0.708. The third-order valence-corrected chi connectivity index (χ3v) is 4.88. The lowest BCUT2D eigenvalue weighted by Gasteiger charge is -2.13. The Hall–Kier alpha value is -3.12. The Bertz CT molecular complexity index is 985. The van der Waals surface area contributed by atoms with Crippen LogP contribution in [0.3, 0.4) is 0 Å². The number of nitrogens with one attached hydrogen (secondary N) is 2. The summed E-state index contributed by atoms with van der Waals surface area (Å²) in [4.78, 5) is 24.8. The fourth-order valence-corrected chi connectivity index (χ4v) is 3.29. The van der Waals surface area contributed by atoms with Crippen molar-refractivity contribution in [2.24, 2.45) is 0 Å². The number of hydrogen-bond acceptors (Lipinski definition) is 4. The minimum Gasteiger partial charge on any atom is -0.459 e. The number of aryl methyl sites for hydroxylation is 1. The van der Waals surface area contributed by atoms with E-state index in [0.29, 0.717) is 30.2 Å². The van der Waals surface area contributed by atoms with Crippen molar-refractivity contribution in [3.63, 3.8) is 0 Å². The second-order valence-corrected chi connectivity index (χ2v) is 6.95. The molecule has 2 N–H and O–H groups in total. The average molecular weight is 378 g/mol. The maximum absolute atomic E-state index is 12.5. The normalized spacial score (nSPS) is 16.2. The van der Waals surface area contributed by atoms with Gasteiger partial charge in [-0.15, -0.1) is 0 Å². The van der Waals surface area contributed by atoms with Crippen LogP contribution in [0.5, 0.6) is 0 Å².